The molecule has 2 nitrogen and oxygen atoms in total. The summed E-state index contributed by atoms with van der Waals surface area (Å²) >= 11 is 9.46. The van der Waals surface area contributed by atoms with E-state index in [-0.39, 0.29) is 0 Å². The van der Waals surface area contributed by atoms with Gasteiger partial charge in [0.15, 0.2) is 0 Å². The number of nitrogens with one attached hydrogen (secondary N) is 1. The summed E-state index contributed by atoms with van der Waals surface area (Å²) in [5, 5.41) is 13.0. The number of nitrogens with zero attached hydrogens (tertiary/aromatic N) is 1. The van der Waals surface area contributed by atoms with Crippen LogP contribution in [0.5, 0.6) is 0 Å². The topological polar surface area (TPSA) is 35.8 Å². The van der Waals surface area contributed by atoms with E-state index in [2.05, 4.69) is 27.3 Å². The van der Waals surface area contributed by atoms with E-state index in [0.717, 1.165) is 15.7 Å². The Morgan fingerprint density at radius 2 is 1.94 bits per heavy atom. The zero-order chi connectivity index (χ0) is 13.0. The molecule has 90 valence electrons. The van der Waals surface area contributed by atoms with Crippen molar-refractivity contribution in [1.29, 1.82) is 5.26 Å². The third-order valence-corrected chi connectivity index (χ3v) is 3.31. The summed E-state index contributed by atoms with van der Waals surface area (Å²) in [6.45, 7) is 0. The van der Waals surface area contributed by atoms with Crippen LogP contribution < -0.4 is 5.32 Å². The predicted octanol–water partition coefficient (Wildman–Crippen LogP) is 4.78. The molecule has 2 rings (SSSR count). The normalized spacial score (nSPS) is 11.6. The second-order valence-corrected chi connectivity index (χ2v) is 5.06. The molecule has 0 spiro atoms. The van der Waals surface area contributed by atoms with E-state index in [1.54, 1.807) is 6.07 Å². The Kier molecular flexibility index (Phi) is 4.24. The van der Waals surface area contributed by atoms with Crippen LogP contribution >= 0.6 is 27.5 Å². The van der Waals surface area contributed by atoms with Crippen LogP contribution in [0.2, 0.25) is 5.02 Å². The highest BCUT2D eigenvalue weighted by atomic mass is 79.9. The van der Waals surface area contributed by atoms with Crippen molar-refractivity contribution in [3.8, 4) is 6.07 Å². The smallest absolute Gasteiger partial charge is 0.140 e. The molecule has 0 bridgehead atoms. The van der Waals surface area contributed by atoms with Crippen molar-refractivity contribution in [3.63, 3.8) is 0 Å². The lowest BCUT2D eigenvalue weighted by Crippen LogP contribution is -2.08. The van der Waals surface area contributed by atoms with Gasteiger partial charge >= 0.3 is 0 Å². The summed E-state index contributed by atoms with van der Waals surface area (Å²) in [6.07, 6.45) is 0. The molecule has 1 unspecified atom stereocenters. The van der Waals surface area contributed by atoms with E-state index in [0.29, 0.717) is 5.02 Å². The average molecular weight is 322 g/mol. The first kappa shape index (κ1) is 12.9. The molecule has 1 atom stereocenters. The van der Waals surface area contributed by atoms with Crippen molar-refractivity contribution in [3.05, 3.63) is 63.6 Å². The Bertz CT molecular complexity index is 592. The van der Waals surface area contributed by atoms with E-state index in [4.69, 9.17) is 11.6 Å². The van der Waals surface area contributed by atoms with Crippen LogP contribution in [0.1, 0.15) is 11.6 Å². The zero-order valence-electron chi connectivity index (χ0n) is 9.40. The van der Waals surface area contributed by atoms with E-state index in [9.17, 15) is 5.26 Å². The second-order valence-electron chi connectivity index (χ2n) is 3.74. The monoisotopic (exact) mass is 320 g/mol. The maximum atomic E-state index is 9.25. The molecule has 0 fully saturated rings. The van der Waals surface area contributed by atoms with Gasteiger partial charge in [-0.3, -0.25) is 0 Å². The quantitative estimate of drug-likeness (QED) is 0.883. The Labute approximate surface area is 119 Å². The third-order valence-electron chi connectivity index (χ3n) is 2.48. The first-order valence-corrected chi connectivity index (χ1v) is 6.54. The summed E-state index contributed by atoms with van der Waals surface area (Å²) in [4.78, 5) is 0. The minimum Gasteiger partial charge on any atom is -0.365 e. The fourth-order valence-electron chi connectivity index (χ4n) is 1.61. The fourth-order valence-corrected chi connectivity index (χ4v) is 2.22. The molecule has 0 radical (unpaired) electrons. The molecule has 0 saturated heterocycles. The molecule has 0 heterocycles. The summed E-state index contributed by atoms with van der Waals surface area (Å²) < 4.78 is 0.946. The zero-order valence-corrected chi connectivity index (χ0v) is 11.7. The van der Waals surface area contributed by atoms with Gasteiger partial charge in [0, 0.05) is 4.47 Å². The molecule has 0 aliphatic carbocycles. The van der Waals surface area contributed by atoms with Gasteiger partial charge in [0.25, 0.3) is 0 Å². The summed E-state index contributed by atoms with van der Waals surface area (Å²) in [5.74, 6) is 0. The van der Waals surface area contributed by atoms with Gasteiger partial charge < -0.3 is 5.32 Å². The van der Waals surface area contributed by atoms with Gasteiger partial charge in [0.1, 0.15) is 6.04 Å². The highest BCUT2D eigenvalue weighted by Crippen LogP contribution is 2.26. The van der Waals surface area contributed by atoms with E-state index < -0.39 is 6.04 Å². The predicted molar refractivity (Wildman–Crippen MR) is 77.6 cm³/mol. The van der Waals surface area contributed by atoms with Crippen LogP contribution in [-0.4, -0.2) is 0 Å². The number of hydrogen-bond acceptors (Lipinski definition) is 2. The van der Waals surface area contributed by atoms with E-state index >= 15 is 0 Å². The SMILES string of the molecule is N#CC(Nc1ccccc1Cl)c1cccc(Br)c1. The van der Waals surface area contributed by atoms with Crippen LogP contribution in [0.25, 0.3) is 0 Å². The van der Waals surface area contributed by atoms with Crippen LogP contribution in [0.3, 0.4) is 0 Å². The van der Waals surface area contributed by atoms with Crippen molar-refractivity contribution < 1.29 is 0 Å². The van der Waals surface area contributed by atoms with Crippen molar-refractivity contribution in [2.45, 2.75) is 6.04 Å². The van der Waals surface area contributed by atoms with Gasteiger partial charge in [-0.05, 0) is 29.8 Å². The van der Waals surface area contributed by atoms with Gasteiger partial charge in [-0.25, -0.2) is 0 Å². The number of anilines is 1. The number of halogens is 2. The Balaban J connectivity index is 2.26. The summed E-state index contributed by atoms with van der Waals surface area (Å²) in [7, 11) is 0. The lowest BCUT2D eigenvalue weighted by Gasteiger charge is -2.14. The second kappa shape index (κ2) is 5.90. The van der Waals surface area contributed by atoms with Crippen molar-refractivity contribution in [1.82, 2.24) is 0 Å². The molecule has 0 aromatic heterocycles. The number of hydrogen-bond donors (Lipinski definition) is 1. The molecule has 18 heavy (non-hydrogen) atoms. The maximum absolute atomic E-state index is 9.25. The maximum Gasteiger partial charge on any atom is 0.140 e. The van der Waals surface area contributed by atoms with Gasteiger partial charge in [0.2, 0.25) is 0 Å². The molecular formula is C14H10BrClN2. The fraction of sp³-hybridized carbons (Fsp3) is 0.0714. The van der Waals surface area contributed by atoms with E-state index in [1.165, 1.54) is 0 Å². The summed E-state index contributed by atoms with van der Waals surface area (Å²) in [6, 6.07) is 16.8. The highest BCUT2D eigenvalue weighted by Gasteiger charge is 2.11. The first-order chi connectivity index (χ1) is 8.70. The minimum atomic E-state index is -0.428. The molecule has 1 N–H and O–H groups in total. The van der Waals surface area contributed by atoms with Crippen LogP contribution in [0.15, 0.2) is 53.0 Å². The average Bonchev–Trinajstić information content (AvgIpc) is 2.38. The van der Waals surface area contributed by atoms with Crippen LogP contribution in [-0.2, 0) is 0 Å². The molecule has 2 aromatic carbocycles. The van der Waals surface area contributed by atoms with E-state index in [1.807, 2.05) is 42.5 Å². The Morgan fingerprint density at radius 1 is 1.17 bits per heavy atom. The van der Waals surface area contributed by atoms with Gasteiger partial charge in [-0.15, -0.1) is 0 Å². The highest BCUT2D eigenvalue weighted by molar-refractivity contribution is 9.10. The molecule has 0 aliphatic rings. The van der Waals surface area contributed by atoms with Crippen molar-refractivity contribution >= 4 is 33.2 Å². The molecular weight excluding hydrogens is 312 g/mol. The third kappa shape index (κ3) is 3.04. The van der Waals surface area contributed by atoms with Gasteiger partial charge in [-0.1, -0.05) is 51.8 Å². The van der Waals surface area contributed by atoms with Crippen LogP contribution in [0, 0.1) is 11.3 Å². The van der Waals surface area contributed by atoms with Gasteiger partial charge in [-0.2, -0.15) is 5.26 Å². The Hall–Kier alpha value is -1.50. The van der Waals surface area contributed by atoms with Crippen molar-refractivity contribution in [2.75, 3.05) is 5.32 Å². The number of nitriles is 1. The molecule has 2 aromatic rings. The molecule has 4 heteroatoms. The summed E-state index contributed by atoms with van der Waals surface area (Å²) in [5.41, 5.74) is 1.65. The van der Waals surface area contributed by atoms with Crippen molar-refractivity contribution in [2.24, 2.45) is 0 Å². The molecule has 0 saturated carbocycles. The largest absolute Gasteiger partial charge is 0.365 e. The van der Waals surface area contributed by atoms with Crippen LogP contribution in [0.4, 0.5) is 5.69 Å². The lowest BCUT2D eigenvalue weighted by molar-refractivity contribution is 0.996. The standard InChI is InChI=1S/C14H10BrClN2/c15-11-5-3-4-10(8-11)14(9-17)18-13-7-2-1-6-12(13)16/h1-8,14,18H. The first-order valence-electron chi connectivity index (χ1n) is 5.37. The number of benzene rings is 2. The molecule has 0 aliphatic heterocycles. The number of para-hydroxylation sites is 1. The lowest BCUT2D eigenvalue weighted by atomic mass is 10.1. The minimum absolute atomic E-state index is 0.428. The Morgan fingerprint density at radius 3 is 2.61 bits per heavy atom. The molecule has 0 amide bonds. The van der Waals surface area contributed by atoms with Gasteiger partial charge in [0.05, 0.1) is 16.8 Å². The number of rotatable bonds is 3.